The first-order chi connectivity index (χ1) is 7.59. The highest BCUT2D eigenvalue weighted by Crippen LogP contribution is 2.56. The number of hydrogen-bond acceptors (Lipinski definition) is 1. The third-order valence-electron chi connectivity index (χ3n) is 2.59. The average molecular weight is 231 g/mol. The molecule has 1 unspecified atom stereocenters. The first-order valence-corrected chi connectivity index (χ1v) is 7.00. The van der Waals surface area contributed by atoms with Crippen molar-refractivity contribution in [2.75, 3.05) is 0 Å². The molecule has 2 rings (SSSR count). The Morgan fingerprint density at radius 2 is 2.06 bits per heavy atom. The zero-order valence-electron chi connectivity index (χ0n) is 10.1. The van der Waals surface area contributed by atoms with Crippen molar-refractivity contribution in [3.05, 3.63) is 47.9 Å². The molecule has 1 heterocycles. The van der Waals surface area contributed by atoms with Gasteiger partial charge >= 0.3 is 0 Å². The number of aromatic nitrogens is 1. The van der Waals surface area contributed by atoms with E-state index in [9.17, 15) is 0 Å². The fourth-order valence-electron chi connectivity index (χ4n) is 2.01. The third-order valence-corrected chi connectivity index (χ3v) is 5.56. The fraction of sp³-hybridized carbons (Fsp3) is 0.357. The molecule has 84 valence electrons. The molecule has 1 aromatic rings. The van der Waals surface area contributed by atoms with E-state index in [1.165, 1.54) is 5.44 Å². The van der Waals surface area contributed by atoms with Gasteiger partial charge in [0.25, 0.3) is 0 Å². The van der Waals surface area contributed by atoms with Gasteiger partial charge in [0, 0.05) is 6.20 Å². The Morgan fingerprint density at radius 3 is 2.56 bits per heavy atom. The Bertz CT molecular complexity index is 412. The summed E-state index contributed by atoms with van der Waals surface area (Å²) >= 11 is 0. The van der Waals surface area contributed by atoms with Crippen LogP contribution in [0.25, 0.3) is 0 Å². The van der Waals surface area contributed by atoms with Crippen molar-refractivity contribution in [1.82, 2.24) is 4.98 Å². The highest BCUT2D eigenvalue weighted by molar-refractivity contribution is 7.70. The summed E-state index contributed by atoms with van der Waals surface area (Å²) in [6.45, 7) is 6.94. The summed E-state index contributed by atoms with van der Waals surface area (Å²) in [5, 5.41) is 1.82. The Balaban J connectivity index is 2.37. The molecule has 0 saturated heterocycles. The lowest BCUT2D eigenvalue weighted by molar-refractivity contribution is 0.789. The summed E-state index contributed by atoms with van der Waals surface area (Å²) in [6, 6.07) is 6.24. The van der Waals surface area contributed by atoms with Crippen molar-refractivity contribution in [3.63, 3.8) is 0 Å². The molecule has 0 radical (unpaired) electrons. The first-order valence-electron chi connectivity index (χ1n) is 5.66. The topological polar surface area (TPSA) is 12.9 Å². The molecule has 0 spiro atoms. The van der Waals surface area contributed by atoms with Crippen LogP contribution >= 0.6 is 7.92 Å². The molecule has 2 heteroatoms. The van der Waals surface area contributed by atoms with Crippen LogP contribution in [0.15, 0.2) is 47.9 Å². The third kappa shape index (κ3) is 2.41. The molecule has 0 fully saturated rings. The van der Waals surface area contributed by atoms with Crippen LogP contribution in [-0.2, 0) is 0 Å². The smallest absolute Gasteiger partial charge is 0.0677 e. The van der Waals surface area contributed by atoms with Crippen molar-refractivity contribution < 1.29 is 0 Å². The molecule has 0 bridgehead atoms. The molecule has 0 aromatic carbocycles. The predicted molar refractivity (Wildman–Crippen MR) is 72.4 cm³/mol. The lowest BCUT2D eigenvalue weighted by Gasteiger charge is -2.32. The predicted octanol–water partition coefficient (Wildman–Crippen LogP) is 3.83. The Kier molecular flexibility index (Phi) is 3.25. The van der Waals surface area contributed by atoms with Crippen molar-refractivity contribution in [2.45, 2.75) is 32.3 Å². The number of rotatable bonds is 2. The van der Waals surface area contributed by atoms with E-state index in [1.807, 2.05) is 12.3 Å². The molecule has 16 heavy (non-hydrogen) atoms. The van der Waals surface area contributed by atoms with Gasteiger partial charge in [-0.05, 0) is 36.9 Å². The SMILES string of the molecule is CC(C)(C)P(C1=CC=CC1)c1ccccn1. The van der Waals surface area contributed by atoms with E-state index in [0.29, 0.717) is 0 Å². The molecular formula is C14H18NP. The molecule has 0 N–H and O–H groups in total. The van der Waals surface area contributed by atoms with Gasteiger partial charge in [-0.15, -0.1) is 0 Å². The zero-order chi connectivity index (χ0) is 11.6. The van der Waals surface area contributed by atoms with Crippen LogP contribution in [0.1, 0.15) is 27.2 Å². The second kappa shape index (κ2) is 4.51. The van der Waals surface area contributed by atoms with Crippen LogP contribution in [0.2, 0.25) is 0 Å². The van der Waals surface area contributed by atoms with Gasteiger partial charge in [0.1, 0.15) is 0 Å². The van der Waals surface area contributed by atoms with Crippen LogP contribution in [0.3, 0.4) is 0 Å². The summed E-state index contributed by atoms with van der Waals surface area (Å²) in [7, 11) is -0.310. The standard InChI is InChI=1S/C14H18NP/c1-14(2,3)16(12-8-4-5-9-12)13-10-6-7-11-15-13/h4-8,10-11H,9H2,1-3H3. The van der Waals surface area contributed by atoms with E-state index in [0.717, 1.165) is 6.42 Å². The normalized spacial score (nSPS) is 17.3. The maximum atomic E-state index is 4.55. The van der Waals surface area contributed by atoms with E-state index in [2.05, 4.69) is 56.1 Å². The zero-order valence-corrected chi connectivity index (χ0v) is 11.0. The maximum Gasteiger partial charge on any atom is 0.0677 e. The van der Waals surface area contributed by atoms with Gasteiger partial charge in [0.2, 0.25) is 0 Å². The van der Waals surface area contributed by atoms with Crippen molar-refractivity contribution in [2.24, 2.45) is 0 Å². The minimum atomic E-state index is -0.310. The van der Waals surface area contributed by atoms with Crippen LogP contribution in [0.4, 0.5) is 0 Å². The summed E-state index contributed by atoms with van der Waals surface area (Å²) in [6.07, 6.45) is 9.67. The number of hydrogen-bond donors (Lipinski definition) is 0. The summed E-state index contributed by atoms with van der Waals surface area (Å²) in [5.74, 6) is 0. The van der Waals surface area contributed by atoms with E-state index in [-0.39, 0.29) is 13.1 Å². The fourth-order valence-corrected chi connectivity index (χ4v) is 4.79. The molecule has 1 aliphatic carbocycles. The number of nitrogens with zero attached hydrogens (tertiary/aromatic N) is 1. The van der Waals surface area contributed by atoms with Gasteiger partial charge in [0.05, 0.1) is 5.44 Å². The van der Waals surface area contributed by atoms with Crippen LogP contribution in [-0.4, -0.2) is 10.1 Å². The quantitative estimate of drug-likeness (QED) is 0.705. The van der Waals surface area contributed by atoms with Crippen LogP contribution < -0.4 is 5.44 Å². The summed E-state index contributed by atoms with van der Waals surface area (Å²) in [4.78, 5) is 4.55. The second-order valence-electron chi connectivity index (χ2n) is 4.98. The van der Waals surface area contributed by atoms with Gasteiger partial charge in [-0.2, -0.15) is 0 Å². The van der Waals surface area contributed by atoms with Crippen LogP contribution in [0, 0.1) is 0 Å². The van der Waals surface area contributed by atoms with Gasteiger partial charge in [-0.3, -0.25) is 4.98 Å². The van der Waals surface area contributed by atoms with E-state index in [1.54, 1.807) is 5.31 Å². The Hall–Kier alpha value is -0.940. The number of allylic oxidation sites excluding steroid dienone is 4. The highest BCUT2D eigenvalue weighted by Gasteiger charge is 2.30. The molecule has 1 nitrogen and oxygen atoms in total. The molecule has 0 saturated carbocycles. The van der Waals surface area contributed by atoms with E-state index < -0.39 is 0 Å². The maximum absolute atomic E-state index is 4.55. The lowest BCUT2D eigenvalue weighted by atomic mass is 10.3. The Morgan fingerprint density at radius 1 is 1.25 bits per heavy atom. The van der Waals surface area contributed by atoms with Gasteiger partial charge in [-0.25, -0.2) is 0 Å². The van der Waals surface area contributed by atoms with Crippen LogP contribution in [0.5, 0.6) is 0 Å². The largest absolute Gasteiger partial charge is 0.256 e. The number of pyridine rings is 1. The summed E-state index contributed by atoms with van der Waals surface area (Å²) < 4.78 is 0. The molecule has 0 aliphatic heterocycles. The van der Waals surface area contributed by atoms with Crippen molar-refractivity contribution in [3.8, 4) is 0 Å². The highest BCUT2D eigenvalue weighted by atomic mass is 31.1. The van der Waals surface area contributed by atoms with Gasteiger partial charge < -0.3 is 0 Å². The van der Waals surface area contributed by atoms with Gasteiger partial charge in [0.15, 0.2) is 0 Å². The monoisotopic (exact) mass is 231 g/mol. The van der Waals surface area contributed by atoms with E-state index in [4.69, 9.17) is 0 Å². The molecular weight excluding hydrogens is 213 g/mol. The lowest BCUT2D eigenvalue weighted by Crippen LogP contribution is -2.21. The molecule has 1 aliphatic rings. The summed E-state index contributed by atoms with van der Waals surface area (Å²) in [5.41, 5.74) is 1.25. The molecule has 1 aromatic heterocycles. The second-order valence-corrected chi connectivity index (χ2v) is 8.03. The Labute approximate surface area is 99.1 Å². The van der Waals surface area contributed by atoms with Gasteiger partial charge in [-0.1, -0.05) is 45.1 Å². The van der Waals surface area contributed by atoms with Crippen molar-refractivity contribution in [1.29, 1.82) is 0 Å². The average Bonchev–Trinajstić information content (AvgIpc) is 2.71. The molecule has 0 amide bonds. The minimum Gasteiger partial charge on any atom is -0.256 e. The van der Waals surface area contributed by atoms with Crippen molar-refractivity contribution >= 4 is 13.4 Å². The first kappa shape index (κ1) is 11.5. The molecule has 1 atom stereocenters. The van der Waals surface area contributed by atoms with E-state index >= 15 is 0 Å². The minimum absolute atomic E-state index is 0.279.